The van der Waals surface area contributed by atoms with E-state index >= 15 is 0 Å². The minimum Gasteiger partial charge on any atom is -0.507 e. The van der Waals surface area contributed by atoms with Crippen LogP contribution < -0.4 is 0 Å². The van der Waals surface area contributed by atoms with E-state index in [1.165, 1.54) is 0 Å². The number of aromatic nitrogens is 5. The third kappa shape index (κ3) is 3.42. The lowest BCUT2D eigenvalue weighted by Crippen LogP contribution is -2.39. The number of carbonyl (C=O) groups is 1. The van der Waals surface area contributed by atoms with Gasteiger partial charge in [-0.3, -0.25) is 9.48 Å². The van der Waals surface area contributed by atoms with Crippen LogP contribution >= 0.6 is 0 Å². The summed E-state index contributed by atoms with van der Waals surface area (Å²) >= 11 is 0. The third-order valence-corrected chi connectivity index (χ3v) is 5.07. The first-order valence-corrected chi connectivity index (χ1v) is 9.06. The van der Waals surface area contributed by atoms with E-state index in [1.54, 1.807) is 35.4 Å². The summed E-state index contributed by atoms with van der Waals surface area (Å²) in [6, 6.07) is 8.55. The first kappa shape index (κ1) is 17.3. The monoisotopic (exact) mass is 366 g/mol. The molecule has 3 heterocycles. The molecule has 8 nitrogen and oxygen atoms in total. The standard InChI is InChI=1S/C19H22N6O2/c1-23-17(13-25-11-5-9-20-25)21-22-18(23)14-6-4-10-24(12-14)19(27)15-7-2-3-8-16(15)26/h2-3,5,7-9,11,14,26H,4,6,10,12-13H2,1H3/t14-/m1/s1. The van der Waals surface area contributed by atoms with E-state index in [9.17, 15) is 9.90 Å². The predicted octanol–water partition coefficient (Wildman–Crippen LogP) is 1.79. The van der Waals surface area contributed by atoms with Gasteiger partial charge in [0.25, 0.3) is 5.91 Å². The number of aromatic hydroxyl groups is 1. The number of amides is 1. The minimum absolute atomic E-state index is 0.0183. The number of nitrogens with zero attached hydrogens (tertiary/aromatic N) is 6. The van der Waals surface area contributed by atoms with Crippen LogP contribution in [0.1, 0.15) is 40.8 Å². The Labute approximate surface area is 157 Å². The van der Waals surface area contributed by atoms with Gasteiger partial charge in [0.15, 0.2) is 5.82 Å². The Hall–Kier alpha value is -3.16. The number of phenolic OH excluding ortho intramolecular Hbond substituents is 1. The second-order valence-corrected chi connectivity index (χ2v) is 6.84. The molecule has 1 amide bonds. The molecule has 1 fully saturated rings. The molecule has 0 spiro atoms. The van der Waals surface area contributed by atoms with Gasteiger partial charge in [0.05, 0.1) is 5.56 Å². The maximum atomic E-state index is 12.8. The molecular formula is C19H22N6O2. The van der Waals surface area contributed by atoms with Crippen molar-refractivity contribution in [3.05, 3.63) is 59.9 Å². The molecule has 1 aliphatic heterocycles. The lowest BCUT2D eigenvalue weighted by molar-refractivity contribution is 0.0700. The number of hydrogen-bond acceptors (Lipinski definition) is 5. The first-order chi connectivity index (χ1) is 13.1. The van der Waals surface area contributed by atoms with Crippen molar-refractivity contribution in [3.8, 4) is 5.75 Å². The third-order valence-electron chi connectivity index (χ3n) is 5.07. The van der Waals surface area contributed by atoms with E-state index in [2.05, 4.69) is 15.3 Å². The van der Waals surface area contributed by atoms with Crippen molar-refractivity contribution in [3.63, 3.8) is 0 Å². The van der Waals surface area contributed by atoms with Gasteiger partial charge in [0, 0.05) is 38.4 Å². The van der Waals surface area contributed by atoms with Gasteiger partial charge in [-0.15, -0.1) is 10.2 Å². The SMILES string of the molecule is Cn1c(Cn2cccn2)nnc1[C@@H]1CCCN(C(=O)c2ccccc2O)C1. The fourth-order valence-electron chi connectivity index (χ4n) is 3.60. The van der Waals surface area contributed by atoms with Gasteiger partial charge in [-0.1, -0.05) is 12.1 Å². The summed E-state index contributed by atoms with van der Waals surface area (Å²) in [6.07, 6.45) is 5.48. The zero-order valence-corrected chi connectivity index (χ0v) is 15.2. The van der Waals surface area contributed by atoms with Gasteiger partial charge in [-0.25, -0.2) is 0 Å². The van der Waals surface area contributed by atoms with Crippen LogP contribution in [0.3, 0.4) is 0 Å². The highest BCUT2D eigenvalue weighted by atomic mass is 16.3. The van der Waals surface area contributed by atoms with Crippen LogP contribution in [0.15, 0.2) is 42.7 Å². The Kier molecular flexibility index (Phi) is 4.62. The van der Waals surface area contributed by atoms with E-state index in [1.807, 2.05) is 28.6 Å². The molecule has 0 aliphatic carbocycles. The number of benzene rings is 1. The van der Waals surface area contributed by atoms with Crippen LogP contribution in [0, 0.1) is 0 Å². The van der Waals surface area contributed by atoms with Gasteiger partial charge >= 0.3 is 0 Å². The summed E-state index contributed by atoms with van der Waals surface area (Å²) in [6.45, 7) is 1.81. The zero-order valence-electron chi connectivity index (χ0n) is 15.2. The molecule has 3 aromatic rings. The molecule has 0 radical (unpaired) electrons. The van der Waals surface area contributed by atoms with Crippen LogP contribution in [-0.4, -0.2) is 53.5 Å². The van der Waals surface area contributed by atoms with E-state index in [-0.39, 0.29) is 17.6 Å². The first-order valence-electron chi connectivity index (χ1n) is 9.06. The normalized spacial score (nSPS) is 17.2. The number of likely N-dealkylation sites (tertiary alicyclic amines) is 1. The molecule has 0 saturated carbocycles. The molecule has 1 saturated heterocycles. The van der Waals surface area contributed by atoms with Crippen molar-refractivity contribution in [2.45, 2.75) is 25.3 Å². The molecule has 8 heteroatoms. The molecular weight excluding hydrogens is 344 g/mol. The second kappa shape index (κ2) is 7.22. The summed E-state index contributed by atoms with van der Waals surface area (Å²) in [5.74, 6) is 1.71. The highest BCUT2D eigenvalue weighted by Gasteiger charge is 2.29. The van der Waals surface area contributed by atoms with Gasteiger partial charge < -0.3 is 14.6 Å². The lowest BCUT2D eigenvalue weighted by Gasteiger charge is -2.32. The van der Waals surface area contributed by atoms with Crippen LogP contribution in [0.25, 0.3) is 0 Å². The smallest absolute Gasteiger partial charge is 0.257 e. The molecule has 27 heavy (non-hydrogen) atoms. The molecule has 4 rings (SSSR count). The summed E-state index contributed by atoms with van der Waals surface area (Å²) < 4.78 is 3.81. The average Bonchev–Trinajstić information content (AvgIpc) is 3.32. The number of para-hydroxylation sites is 1. The second-order valence-electron chi connectivity index (χ2n) is 6.84. The number of piperidine rings is 1. The van der Waals surface area contributed by atoms with Gasteiger partial charge in [-0.2, -0.15) is 5.10 Å². The molecule has 2 aromatic heterocycles. The summed E-state index contributed by atoms with van der Waals surface area (Å²) in [4.78, 5) is 14.6. The molecule has 1 aliphatic rings. The number of hydrogen-bond donors (Lipinski definition) is 1. The highest BCUT2D eigenvalue weighted by Crippen LogP contribution is 2.28. The molecule has 1 N–H and O–H groups in total. The maximum Gasteiger partial charge on any atom is 0.257 e. The topological polar surface area (TPSA) is 89.1 Å². The van der Waals surface area contributed by atoms with Crippen LogP contribution in [-0.2, 0) is 13.6 Å². The lowest BCUT2D eigenvalue weighted by atomic mass is 9.96. The van der Waals surface area contributed by atoms with Crippen molar-refractivity contribution < 1.29 is 9.90 Å². The maximum absolute atomic E-state index is 12.8. The van der Waals surface area contributed by atoms with Crippen molar-refractivity contribution in [2.75, 3.05) is 13.1 Å². The van der Waals surface area contributed by atoms with Crippen molar-refractivity contribution >= 4 is 5.91 Å². The molecule has 0 unspecified atom stereocenters. The molecule has 1 aromatic carbocycles. The Morgan fingerprint density at radius 1 is 1.26 bits per heavy atom. The van der Waals surface area contributed by atoms with Crippen LogP contribution in [0.2, 0.25) is 0 Å². The van der Waals surface area contributed by atoms with Crippen molar-refractivity contribution in [1.82, 2.24) is 29.4 Å². The quantitative estimate of drug-likeness (QED) is 0.760. The van der Waals surface area contributed by atoms with E-state index < -0.39 is 0 Å². The zero-order chi connectivity index (χ0) is 18.8. The van der Waals surface area contributed by atoms with Gasteiger partial charge in [0.2, 0.25) is 0 Å². The average molecular weight is 366 g/mol. The predicted molar refractivity (Wildman–Crippen MR) is 98.3 cm³/mol. The number of rotatable bonds is 4. The highest BCUT2D eigenvalue weighted by molar-refractivity contribution is 5.96. The number of phenols is 1. The molecule has 0 bridgehead atoms. The summed E-state index contributed by atoms with van der Waals surface area (Å²) in [5, 5.41) is 22.9. The number of carbonyl (C=O) groups excluding carboxylic acids is 1. The van der Waals surface area contributed by atoms with Crippen LogP contribution in [0.5, 0.6) is 5.75 Å². The Bertz CT molecular complexity index is 934. The molecule has 1 atom stereocenters. The largest absolute Gasteiger partial charge is 0.507 e. The summed E-state index contributed by atoms with van der Waals surface area (Å²) in [7, 11) is 1.96. The van der Waals surface area contributed by atoms with Crippen LogP contribution in [0.4, 0.5) is 0 Å². The van der Waals surface area contributed by atoms with E-state index in [0.29, 0.717) is 25.2 Å². The Morgan fingerprint density at radius 2 is 2.11 bits per heavy atom. The fraction of sp³-hybridized carbons (Fsp3) is 0.368. The minimum atomic E-state index is -0.142. The van der Waals surface area contributed by atoms with E-state index in [4.69, 9.17) is 0 Å². The van der Waals surface area contributed by atoms with E-state index in [0.717, 1.165) is 24.5 Å². The van der Waals surface area contributed by atoms with Crippen molar-refractivity contribution in [1.29, 1.82) is 0 Å². The van der Waals surface area contributed by atoms with Gasteiger partial charge in [0.1, 0.15) is 18.1 Å². The summed E-state index contributed by atoms with van der Waals surface area (Å²) in [5.41, 5.74) is 0.343. The molecule has 140 valence electrons. The Morgan fingerprint density at radius 3 is 2.89 bits per heavy atom. The fourth-order valence-corrected chi connectivity index (χ4v) is 3.60. The van der Waals surface area contributed by atoms with Crippen molar-refractivity contribution in [2.24, 2.45) is 7.05 Å². The van der Waals surface area contributed by atoms with Gasteiger partial charge in [-0.05, 0) is 31.0 Å². The Balaban J connectivity index is 1.51.